The van der Waals surface area contributed by atoms with Gasteiger partial charge in [0, 0.05) is 11.8 Å². The van der Waals surface area contributed by atoms with Gasteiger partial charge in [0.05, 0.1) is 26.2 Å². The molecule has 0 spiro atoms. The zero-order chi connectivity index (χ0) is 15.2. The largest absolute Gasteiger partial charge is 1.00 e. The Morgan fingerprint density at radius 1 is 0.864 bits per heavy atom. The zero-order valence-electron chi connectivity index (χ0n) is 14.8. The minimum atomic E-state index is 0. The molecule has 2 rings (SSSR count). The Morgan fingerprint density at radius 2 is 1.41 bits per heavy atom. The summed E-state index contributed by atoms with van der Waals surface area (Å²) >= 11 is 0. The maximum Gasteiger partial charge on any atom is 0.0795 e. The summed E-state index contributed by atoms with van der Waals surface area (Å²) in [5, 5.41) is 0. The van der Waals surface area contributed by atoms with Gasteiger partial charge in [-0.1, -0.05) is 49.6 Å². The van der Waals surface area contributed by atoms with Gasteiger partial charge in [0.2, 0.25) is 0 Å². The molecule has 1 saturated carbocycles. The van der Waals surface area contributed by atoms with Crippen LogP contribution in [0.15, 0.2) is 30.3 Å². The minimum Gasteiger partial charge on any atom is -1.00 e. The van der Waals surface area contributed by atoms with E-state index < -0.39 is 0 Å². The van der Waals surface area contributed by atoms with Crippen LogP contribution in [-0.4, -0.2) is 30.7 Å². The molecule has 1 fully saturated rings. The topological polar surface area (TPSA) is 0 Å². The van der Waals surface area contributed by atoms with Crippen molar-refractivity contribution in [2.24, 2.45) is 0 Å². The van der Waals surface area contributed by atoms with Crippen molar-refractivity contribution in [3.05, 3.63) is 35.9 Å². The van der Waals surface area contributed by atoms with E-state index in [9.17, 15) is 0 Å². The van der Waals surface area contributed by atoms with Gasteiger partial charge >= 0.3 is 0 Å². The van der Waals surface area contributed by atoms with E-state index in [4.69, 9.17) is 0 Å². The van der Waals surface area contributed by atoms with Crippen molar-refractivity contribution in [3.63, 3.8) is 0 Å². The van der Waals surface area contributed by atoms with E-state index >= 15 is 0 Å². The molecule has 0 atom stereocenters. The molecule has 0 radical (unpaired) electrons. The Hall–Kier alpha value is -0.0900. The molecule has 1 nitrogen and oxygen atoms in total. The van der Waals surface area contributed by atoms with Gasteiger partial charge < -0.3 is 28.5 Å². The lowest BCUT2D eigenvalue weighted by Crippen LogP contribution is -3.00. The number of halogens is 1. The Bertz CT molecular complexity index is 397. The van der Waals surface area contributed by atoms with Crippen LogP contribution in [0.1, 0.15) is 64.9 Å². The Kier molecular flexibility index (Phi) is 8.40. The summed E-state index contributed by atoms with van der Waals surface area (Å²) < 4.78 is 1.29. The third-order valence-electron chi connectivity index (χ3n) is 6.27. The van der Waals surface area contributed by atoms with E-state index in [1.165, 1.54) is 69.2 Å². The molecule has 1 aromatic rings. The normalized spacial score (nSPS) is 17.8. The summed E-state index contributed by atoms with van der Waals surface area (Å²) in [7, 11) is 0. The monoisotopic (exact) mass is 415 g/mol. The lowest BCUT2D eigenvalue weighted by Gasteiger charge is -2.43. The highest BCUT2D eigenvalue weighted by Crippen LogP contribution is 2.42. The van der Waals surface area contributed by atoms with Gasteiger partial charge in [-0.05, 0) is 39.2 Å². The van der Waals surface area contributed by atoms with Crippen molar-refractivity contribution in [3.8, 4) is 0 Å². The van der Waals surface area contributed by atoms with E-state index in [0.717, 1.165) is 0 Å². The summed E-state index contributed by atoms with van der Waals surface area (Å²) in [5.41, 5.74) is 2.06. The van der Waals surface area contributed by atoms with Crippen molar-refractivity contribution in [2.75, 3.05) is 26.2 Å². The summed E-state index contributed by atoms with van der Waals surface area (Å²) in [6.07, 6.45) is 8.43. The molecule has 0 unspecified atom stereocenters. The van der Waals surface area contributed by atoms with Gasteiger partial charge in [0.1, 0.15) is 0 Å². The van der Waals surface area contributed by atoms with E-state index in [0.29, 0.717) is 5.41 Å². The molecule has 0 bridgehead atoms. The van der Waals surface area contributed by atoms with Crippen LogP contribution < -0.4 is 24.0 Å². The molecule has 0 saturated heterocycles. The Balaban J connectivity index is 0.00000242. The lowest BCUT2D eigenvalue weighted by atomic mass is 9.67. The number of rotatable bonds is 7. The average molecular weight is 415 g/mol. The first kappa shape index (κ1) is 20.0. The van der Waals surface area contributed by atoms with Gasteiger partial charge in [0.25, 0.3) is 0 Å². The fourth-order valence-electron chi connectivity index (χ4n) is 4.30. The maximum atomic E-state index is 2.38. The summed E-state index contributed by atoms with van der Waals surface area (Å²) in [5.74, 6) is 0. The van der Waals surface area contributed by atoms with E-state index in [-0.39, 0.29) is 24.0 Å². The third kappa shape index (κ3) is 4.47. The Morgan fingerprint density at radius 3 is 1.91 bits per heavy atom. The van der Waals surface area contributed by atoms with Gasteiger partial charge in [-0.15, -0.1) is 0 Å². The molecular formula is C20H34IN. The van der Waals surface area contributed by atoms with E-state index in [2.05, 4.69) is 51.1 Å². The SMILES string of the molecule is CC[N+](CC)(CC)CCC1(c2ccccc2)CCCCC1.[I-]. The summed E-state index contributed by atoms with van der Waals surface area (Å²) in [6.45, 7) is 12.3. The van der Waals surface area contributed by atoms with Crippen molar-refractivity contribution in [1.82, 2.24) is 0 Å². The van der Waals surface area contributed by atoms with E-state index in [1.54, 1.807) is 5.56 Å². The van der Waals surface area contributed by atoms with Crippen LogP contribution in [0.3, 0.4) is 0 Å². The smallest absolute Gasteiger partial charge is 0.0795 e. The maximum absolute atomic E-state index is 2.38. The molecule has 126 valence electrons. The molecule has 0 N–H and O–H groups in total. The van der Waals surface area contributed by atoms with Crippen LogP contribution >= 0.6 is 0 Å². The zero-order valence-corrected chi connectivity index (χ0v) is 16.9. The molecule has 0 aliphatic heterocycles. The molecule has 1 aliphatic carbocycles. The molecule has 22 heavy (non-hydrogen) atoms. The first-order chi connectivity index (χ1) is 10.2. The quantitative estimate of drug-likeness (QED) is 0.473. The predicted octanol–water partition coefficient (Wildman–Crippen LogP) is 2.16. The highest BCUT2D eigenvalue weighted by Gasteiger charge is 2.36. The first-order valence-corrected chi connectivity index (χ1v) is 9.11. The fraction of sp³-hybridized carbons (Fsp3) is 0.700. The fourth-order valence-corrected chi connectivity index (χ4v) is 4.30. The molecule has 1 aromatic carbocycles. The molecular weight excluding hydrogens is 381 g/mol. The second kappa shape index (κ2) is 9.27. The second-order valence-electron chi connectivity index (χ2n) is 6.97. The summed E-state index contributed by atoms with van der Waals surface area (Å²) in [4.78, 5) is 0. The Labute approximate surface area is 155 Å². The second-order valence-corrected chi connectivity index (χ2v) is 6.97. The predicted molar refractivity (Wildman–Crippen MR) is 92.6 cm³/mol. The van der Waals surface area contributed by atoms with Crippen LogP contribution in [0.4, 0.5) is 0 Å². The van der Waals surface area contributed by atoms with Gasteiger partial charge in [0.15, 0.2) is 0 Å². The van der Waals surface area contributed by atoms with Crippen LogP contribution in [0.5, 0.6) is 0 Å². The van der Waals surface area contributed by atoms with Crippen molar-refractivity contribution < 1.29 is 28.5 Å². The third-order valence-corrected chi connectivity index (χ3v) is 6.27. The van der Waals surface area contributed by atoms with Gasteiger partial charge in [-0.25, -0.2) is 0 Å². The van der Waals surface area contributed by atoms with Crippen molar-refractivity contribution in [2.45, 2.75) is 64.7 Å². The number of hydrogen-bond donors (Lipinski definition) is 0. The van der Waals surface area contributed by atoms with Crippen LogP contribution in [0, 0.1) is 0 Å². The molecule has 0 heterocycles. The highest BCUT2D eigenvalue weighted by molar-refractivity contribution is 5.25. The van der Waals surface area contributed by atoms with Crippen molar-refractivity contribution >= 4 is 0 Å². The molecule has 1 aliphatic rings. The number of nitrogens with zero attached hydrogens (tertiary/aromatic N) is 1. The molecule has 0 amide bonds. The highest BCUT2D eigenvalue weighted by atomic mass is 127. The van der Waals surface area contributed by atoms with Crippen molar-refractivity contribution in [1.29, 1.82) is 0 Å². The standard InChI is InChI=1S/C20H34N.HI/c1-4-21(5-2,6-3)18-17-20(15-11-8-12-16-20)19-13-9-7-10-14-19;/h7,9-10,13-14H,4-6,8,11-12,15-18H2,1-3H3;1H/q+1;/p-1. The van der Waals surface area contributed by atoms with Crippen LogP contribution in [-0.2, 0) is 5.41 Å². The lowest BCUT2D eigenvalue weighted by molar-refractivity contribution is -0.923. The van der Waals surface area contributed by atoms with E-state index in [1.807, 2.05) is 0 Å². The number of quaternary nitrogens is 1. The van der Waals surface area contributed by atoms with Crippen LogP contribution in [0.2, 0.25) is 0 Å². The first-order valence-electron chi connectivity index (χ1n) is 9.11. The molecule has 2 heteroatoms. The molecule has 0 aromatic heterocycles. The van der Waals surface area contributed by atoms with Gasteiger partial charge in [-0.3, -0.25) is 0 Å². The number of benzene rings is 1. The van der Waals surface area contributed by atoms with Gasteiger partial charge in [-0.2, -0.15) is 0 Å². The summed E-state index contributed by atoms with van der Waals surface area (Å²) in [6, 6.07) is 11.4. The average Bonchev–Trinajstić information content (AvgIpc) is 2.58. The van der Waals surface area contributed by atoms with Crippen LogP contribution in [0.25, 0.3) is 0 Å². The minimum absolute atomic E-state index is 0. The number of hydrogen-bond acceptors (Lipinski definition) is 0.